The van der Waals surface area contributed by atoms with Crippen LogP contribution in [-0.4, -0.2) is 69.8 Å². The third-order valence-electron chi connectivity index (χ3n) is 7.97. The van der Waals surface area contributed by atoms with E-state index in [1.54, 1.807) is 0 Å². The maximum absolute atomic E-state index is 12.9. The van der Waals surface area contributed by atoms with E-state index < -0.39 is 0 Å². The highest BCUT2D eigenvalue weighted by atomic mass is 32.1. The Morgan fingerprint density at radius 3 is 2.65 bits per heavy atom. The molecule has 2 aliphatic rings. The van der Waals surface area contributed by atoms with Crippen LogP contribution in [0.3, 0.4) is 0 Å². The molecule has 2 aromatic heterocycles. The number of anilines is 1. The highest BCUT2D eigenvalue weighted by Crippen LogP contribution is 2.41. The number of amides is 1. The van der Waals surface area contributed by atoms with Crippen LogP contribution in [-0.2, 0) is 16.1 Å². The fraction of sp³-hybridized carbons (Fsp3) is 0.452. The number of ether oxygens (including phenoxy) is 1. The van der Waals surface area contributed by atoms with Crippen LogP contribution in [0.1, 0.15) is 53.1 Å². The van der Waals surface area contributed by atoms with E-state index in [9.17, 15) is 4.79 Å². The van der Waals surface area contributed by atoms with Gasteiger partial charge in [-0.05, 0) is 80.9 Å². The largest absolute Gasteiger partial charge is 0.379 e. The molecule has 8 nitrogen and oxygen atoms in total. The minimum atomic E-state index is -0.101. The predicted molar refractivity (Wildman–Crippen MR) is 162 cm³/mol. The summed E-state index contributed by atoms with van der Waals surface area (Å²) in [6.45, 7) is 12.6. The Kier molecular flexibility index (Phi) is 9.14. The molecule has 2 aliphatic heterocycles. The Morgan fingerprint density at radius 1 is 1.07 bits per heavy atom. The number of thiocarbonyl (C=S) groups is 1. The number of carbonyl (C=O) groups is 1. The number of nitrogens with zero attached hydrogens (tertiary/aromatic N) is 4. The molecule has 40 heavy (non-hydrogen) atoms. The van der Waals surface area contributed by atoms with Crippen LogP contribution in [0.2, 0.25) is 0 Å². The second-order valence-corrected chi connectivity index (χ2v) is 11.2. The van der Waals surface area contributed by atoms with Crippen molar-refractivity contribution in [1.82, 2.24) is 24.7 Å². The molecule has 0 saturated carbocycles. The standard InChI is InChI=1S/C31H40N6O2S/c1-22-8-6-9-25(20-22)33-28(38)11-15-37-30(29(34-31(37)40)27-10-4-5-12-32-27)26-21-23(2)36(24(26)3)14-7-13-35-16-18-39-19-17-35/h4-6,8-10,12,20-21,29-30H,7,11,13-19H2,1-3H3,(H,33,38)(H,34,40)/t29-,30-/m1/s1. The first-order valence-corrected chi connectivity index (χ1v) is 14.6. The molecule has 0 aliphatic carbocycles. The number of aryl methyl sites for hydroxylation is 2. The molecule has 0 radical (unpaired) electrons. The third-order valence-corrected chi connectivity index (χ3v) is 8.32. The van der Waals surface area contributed by atoms with Crippen LogP contribution in [0.25, 0.3) is 0 Å². The zero-order valence-electron chi connectivity index (χ0n) is 23.7. The number of morpholine rings is 1. The van der Waals surface area contributed by atoms with E-state index in [0.29, 0.717) is 18.1 Å². The lowest BCUT2D eigenvalue weighted by Gasteiger charge is -2.28. The van der Waals surface area contributed by atoms with Crippen LogP contribution in [0, 0.1) is 20.8 Å². The van der Waals surface area contributed by atoms with Gasteiger partial charge in [0, 0.05) is 62.4 Å². The third kappa shape index (κ3) is 6.54. The van der Waals surface area contributed by atoms with E-state index in [0.717, 1.165) is 62.8 Å². The molecule has 1 amide bonds. The molecular weight excluding hydrogens is 520 g/mol. The first-order chi connectivity index (χ1) is 19.4. The van der Waals surface area contributed by atoms with Gasteiger partial charge in [-0.15, -0.1) is 0 Å². The van der Waals surface area contributed by atoms with Gasteiger partial charge in [0.15, 0.2) is 5.11 Å². The molecule has 3 aromatic rings. The second kappa shape index (κ2) is 12.9. The van der Waals surface area contributed by atoms with E-state index in [1.165, 1.54) is 17.0 Å². The van der Waals surface area contributed by atoms with Gasteiger partial charge in [0.1, 0.15) is 0 Å². The van der Waals surface area contributed by atoms with Crippen molar-refractivity contribution in [3.8, 4) is 0 Å². The van der Waals surface area contributed by atoms with Gasteiger partial charge in [-0.1, -0.05) is 18.2 Å². The fourth-order valence-electron chi connectivity index (χ4n) is 5.90. The molecule has 0 spiro atoms. The molecular formula is C31H40N6O2S. The minimum absolute atomic E-state index is 0.0259. The molecule has 0 unspecified atom stereocenters. The van der Waals surface area contributed by atoms with Crippen molar-refractivity contribution in [3.05, 3.63) is 82.9 Å². The zero-order valence-corrected chi connectivity index (χ0v) is 24.5. The number of rotatable bonds is 10. The molecule has 5 rings (SSSR count). The van der Waals surface area contributed by atoms with Crippen molar-refractivity contribution in [2.24, 2.45) is 0 Å². The average molecular weight is 561 g/mol. The molecule has 9 heteroatoms. The molecule has 1 aromatic carbocycles. The number of nitrogens with one attached hydrogen (secondary N) is 2. The number of aromatic nitrogens is 2. The molecule has 2 atom stereocenters. The van der Waals surface area contributed by atoms with Gasteiger partial charge in [0.25, 0.3) is 0 Å². The summed E-state index contributed by atoms with van der Waals surface area (Å²) in [5, 5.41) is 7.22. The summed E-state index contributed by atoms with van der Waals surface area (Å²) in [4.78, 5) is 22.3. The summed E-state index contributed by atoms with van der Waals surface area (Å²) in [6.07, 6.45) is 3.24. The van der Waals surface area contributed by atoms with E-state index in [2.05, 4.69) is 49.9 Å². The highest BCUT2D eigenvalue weighted by Gasteiger charge is 2.41. The molecule has 2 saturated heterocycles. The second-order valence-electron chi connectivity index (χ2n) is 10.8. The molecule has 212 valence electrons. The monoisotopic (exact) mass is 560 g/mol. The van der Waals surface area contributed by atoms with Crippen molar-refractivity contribution in [3.63, 3.8) is 0 Å². The zero-order chi connectivity index (χ0) is 28.1. The van der Waals surface area contributed by atoms with Crippen LogP contribution in [0.15, 0.2) is 54.7 Å². The number of hydrogen-bond acceptors (Lipinski definition) is 5. The van der Waals surface area contributed by atoms with Crippen LogP contribution >= 0.6 is 12.2 Å². The van der Waals surface area contributed by atoms with Gasteiger partial charge in [-0.3, -0.25) is 14.7 Å². The normalized spacial score (nSPS) is 19.6. The van der Waals surface area contributed by atoms with E-state index in [-0.39, 0.29) is 18.0 Å². The number of benzene rings is 1. The lowest BCUT2D eigenvalue weighted by atomic mass is 9.96. The molecule has 2 N–H and O–H groups in total. The Balaban J connectivity index is 1.34. The molecule has 0 bridgehead atoms. The van der Waals surface area contributed by atoms with E-state index >= 15 is 0 Å². The molecule has 2 fully saturated rings. The van der Waals surface area contributed by atoms with Crippen LogP contribution < -0.4 is 10.6 Å². The van der Waals surface area contributed by atoms with E-state index in [4.69, 9.17) is 17.0 Å². The quantitative estimate of drug-likeness (QED) is 0.353. The lowest BCUT2D eigenvalue weighted by molar-refractivity contribution is -0.116. The number of hydrogen-bond donors (Lipinski definition) is 2. The van der Waals surface area contributed by atoms with Crippen molar-refractivity contribution in [2.75, 3.05) is 44.7 Å². The topological polar surface area (TPSA) is 74.7 Å². The van der Waals surface area contributed by atoms with Gasteiger partial charge in [0.2, 0.25) is 5.91 Å². The van der Waals surface area contributed by atoms with Gasteiger partial charge in [-0.25, -0.2) is 0 Å². The Morgan fingerprint density at radius 2 is 1.90 bits per heavy atom. The Labute approximate surface area is 242 Å². The summed E-state index contributed by atoms with van der Waals surface area (Å²) in [7, 11) is 0. The summed E-state index contributed by atoms with van der Waals surface area (Å²) in [6, 6.07) is 16.0. The summed E-state index contributed by atoms with van der Waals surface area (Å²) >= 11 is 5.85. The average Bonchev–Trinajstić information content (AvgIpc) is 3.43. The number of pyridine rings is 1. The summed E-state index contributed by atoms with van der Waals surface area (Å²) < 4.78 is 7.92. The van der Waals surface area contributed by atoms with Crippen molar-refractivity contribution in [2.45, 2.75) is 52.2 Å². The van der Waals surface area contributed by atoms with Crippen molar-refractivity contribution < 1.29 is 9.53 Å². The highest BCUT2D eigenvalue weighted by molar-refractivity contribution is 7.80. The lowest BCUT2D eigenvalue weighted by Crippen LogP contribution is -2.37. The van der Waals surface area contributed by atoms with Crippen molar-refractivity contribution >= 4 is 28.9 Å². The Bertz CT molecular complexity index is 1320. The summed E-state index contributed by atoms with van der Waals surface area (Å²) in [5.41, 5.74) is 6.58. The molecule has 4 heterocycles. The fourth-order valence-corrected chi connectivity index (χ4v) is 6.23. The smallest absolute Gasteiger partial charge is 0.226 e. The first kappa shape index (κ1) is 28.3. The maximum Gasteiger partial charge on any atom is 0.226 e. The SMILES string of the molecule is Cc1cccc(NC(=O)CCN2C(=S)N[C@H](c3ccccn3)[C@H]2c2cc(C)n(CCCN3CCOCC3)c2C)c1. The summed E-state index contributed by atoms with van der Waals surface area (Å²) in [5.74, 6) is -0.0259. The van der Waals surface area contributed by atoms with E-state index in [1.807, 2.05) is 55.6 Å². The van der Waals surface area contributed by atoms with Crippen LogP contribution in [0.4, 0.5) is 5.69 Å². The minimum Gasteiger partial charge on any atom is -0.379 e. The number of carbonyl (C=O) groups excluding carboxylic acids is 1. The Hall–Kier alpha value is -3.27. The van der Waals surface area contributed by atoms with Gasteiger partial charge in [0.05, 0.1) is 31.0 Å². The first-order valence-electron chi connectivity index (χ1n) is 14.2. The van der Waals surface area contributed by atoms with Gasteiger partial charge >= 0.3 is 0 Å². The van der Waals surface area contributed by atoms with Crippen LogP contribution in [0.5, 0.6) is 0 Å². The predicted octanol–water partition coefficient (Wildman–Crippen LogP) is 4.53. The van der Waals surface area contributed by atoms with Gasteiger partial charge in [-0.2, -0.15) is 0 Å². The maximum atomic E-state index is 12.9. The van der Waals surface area contributed by atoms with Gasteiger partial charge < -0.3 is 24.8 Å². The van der Waals surface area contributed by atoms with Crippen molar-refractivity contribution in [1.29, 1.82) is 0 Å².